The maximum absolute atomic E-state index is 11.7. The fourth-order valence-corrected chi connectivity index (χ4v) is 13.7. The Balaban J connectivity index is 1.05. The molecule has 4 N–H and O–H groups in total. The van der Waals surface area contributed by atoms with E-state index in [4.69, 9.17) is 5.73 Å². The van der Waals surface area contributed by atoms with Crippen LogP contribution in [-0.4, -0.2) is 27.9 Å². The molecule has 3 aromatic carbocycles. The van der Waals surface area contributed by atoms with Crippen LogP contribution in [0.25, 0.3) is 50.2 Å². The lowest BCUT2D eigenvalue weighted by Crippen LogP contribution is -2.51. The number of aryl methyl sites for hydroxylation is 1. The summed E-state index contributed by atoms with van der Waals surface area (Å²) in [6, 6.07) is 21.0. The monoisotopic (exact) mass is 1050 g/mol. The molecule has 0 spiro atoms. The first-order chi connectivity index (χ1) is 38.1. The van der Waals surface area contributed by atoms with Gasteiger partial charge in [-0.2, -0.15) is 5.26 Å². The van der Waals surface area contributed by atoms with Crippen LogP contribution in [0.3, 0.4) is 0 Å². The summed E-state index contributed by atoms with van der Waals surface area (Å²) in [5.41, 5.74) is 26.9. The smallest absolute Gasteiger partial charge is 0.101 e. The third kappa shape index (κ3) is 9.76. The van der Waals surface area contributed by atoms with Gasteiger partial charge >= 0.3 is 0 Å². The lowest BCUT2D eigenvalue weighted by molar-refractivity contribution is 0.291. The summed E-state index contributed by atoms with van der Waals surface area (Å²) in [6.07, 6.45) is 45.2. The fourth-order valence-electron chi connectivity index (χ4n) is 13.7. The molecule has 406 valence electrons. The number of rotatable bonds is 13. The van der Waals surface area contributed by atoms with E-state index in [1.54, 1.807) is 0 Å². The molecule has 7 nitrogen and oxygen atoms in total. The number of nitrogens with one attached hydrogen (secondary N) is 2. The van der Waals surface area contributed by atoms with Gasteiger partial charge in [-0.25, -0.2) is 0 Å². The molecule has 6 atom stereocenters. The normalized spacial score (nSPS) is 22.2. The van der Waals surface area contributed by atoms with E-state index in [1.807, 2.05) is 0 Å². The number of hydrogen-bond acceptors (Lipinski definition) is 5. The van der Waals surface area contributed by atoms with Gasteiger partial charge in [0.2, 0.25) is 0 Å². The van der Waals surface area contributed by atoms with Crippen molar-refractivity contribution >= 4 is 50.2 Å². The zero-order valence-electron chi connectivity index (χ0n) is 48.5. The van der Waals surface area contributed by atoms with Crippen molar-refractivity contribution < 1.29 is 0 Å². The first-order valence-electron chi connectivity index (χ1n) is 29.9. The average molecular weight is 1050 g/mol. The van der Waals surface area contributed by atoms with Gasteiger partial charge in [-0.05, 0) is 164 Å². The molecule has 2 aromatic heterocycles. The molecule has 12 rings (SSSR count). The third-order valence-corrected chi connectivity index (χ3v) is 18.7. The number of aromatic nitrogens is 2. The van der Waals surface area contributed by atoms with E-state index >= 15 is 0 Å². The minimum Gasteiger partial charge on any atom is -0.337 e. The zero-order chi connectivity index (χ0) is 54.9. The Morgan fingerprint density at radius 1 is 0.722 bits per heavy atom. The van der Waals surface area contributed by atoms with Crippen LogP contribution in [0, 0.1) is 45.8 Å². The molecular formula is C72H83N7. The number of benzene rings is 3. The SMILES string of the molecule is CC(C)C(C)CCNC(NC(N)c1cc(C#N)c(-n2c3ccccc3c3cc4c(cc32)c2c(n4C3=CCCC=C3)C=CCC2)cc1N1C2=C(C=C(C(C)(C)C)CC2)C2C=C(C(C)(C)C)C=CC21)C1C=CC(C2=CCCC=C2)=CC1. The second kappa shape index (κ2) is 21.1. The van der Waals surface area contributed by atoms with E-state index in [9.17, 15) is 5.26 Å². The number of allylic oxidation sites excluding steroid dienone is 17. The Hall–Kier alpha value is -6.69. The van der Waals surface area contributed by atoms with Crippen LogP contribution >= 0.6 is 0 Å². The van der Waals surface area contributed by atoms with E-state index in [2.05, 4.69) is 233 Å². The Morgan fingerprint density at radius 3 is 2.20 bits per heavy atom. The largest absolute Gasteiger partial charge is 0.337 e. The van der Waals surface area contributed by atoms with Crippen LogP contribution in [0.1, 0.15) is 149 Å². The summed E-state index contributed by atoms with van der Waals surface area (Å²) in [4.78, 5) is 2.65. The number of nitrogens with two attached hydrogens (primary N) is 1. The van der Waals surface area contributed by atoms with E-state index < -0.39 is 6.17 Å². The summed E-state index contributed by atoms with van der Waals surface area (Å²) < 4.78 is 4.90. The highest BCUT2D eigenvalue weighted by Crippen LogP contribution is 2.52. The summed E-state index contributed by atoms with van der Waals surface area (Å²) in [6.45, 7) is 22.0. The van der Waals surface area contributed by atoms with Crippen molar-refractivity contribution in [1.29, 1.82) is 5.26 Å². The highest BCUT2D eigenvalue weighted by Gasteiger charge is 2.44. The minimum atomic E-state index is -0.611. The van der Waals surface area contributed by atoms with Crippen LogP contribution in [0.15, 0.2) is 167 Å². The summed E-state index contributed by atoms with van der Waals surface area (Å²) in [7, 11) is 0. The Morgan fingerprint density at radius 2 is 1.48 bits per heavy atom. The van der Waals surface area contributed by atoms with Crippen LogP contribution < -0.4 is 21.3 Å². The van der Waals surface area contributed by atoms with Gasteiger partial charge in [0.15, 0.2) is 0 Å². The van der Waals surface area contributed by atoms with E-state index in [0.29, 0.717) is 17.4 Å². The lowest BCUT2D eigenvalue weighted by Gasteiger charge is -2.37. The minimum absolute atomic E-state index is 0.00898. The van der Waals surface area contributed by atoms with Gasteiger partial charge < -0.3 is 25.1 Å². The molecule has 7 aliphatic rings. The van der Waals surface area contributed by atoms with Crippen LogP contribution in [0.2, 0.25) is 0 Å². The van der Waals surface area contributed by atoms with Crippen LogP contribution in [0.5, 0.6) is 0 Å². The number of fused-ring (bicyclic) bond motifs is 8. The predicted octanol–water partition coefficient (Wildman–Crippen LogP) is 17.1. The summed E-state index contributed by atoms with van der Waals surface area (Å²) >= 11 is 0. The molecule has 0 saturated heterocycles. The van der Waals surface area contributed by atoms with Crippen molar-refractivity contribution in [2.45, 2.75) is 145 Å². The molecular weight excluding hydrogens is 963 g/mol. The topological polar surface area (TPSA) is 87.0 Å². The van der Waals surface area contributed by atoms with Gasteiger partial charge in [-0.1, -0.05) is 165 Å². The Bertz CT molecular complexity index is 3670. The van der Waals surface area contributed by atoms with Gasteiger partial charge in [0.25, 0.3) is 0 Å². The van der Waals surface area contributed by atoms with Gasteiger partial charge in [-0.3, -0.25) is 5.32 Å². The molecule has 0 bridgehead atoms. The van der Waals surface area contributed by atoms with E-state index in [-0.39, 0.29) is 34.9 Å². The molecule has 0 fully saturated rings. The van der Waals surface area contributed by atoms with Crippen molar-refractivity contribution in [3.63, 3.8) is 0 Å². The molecule has 3 heterocycles. The summed E-state index contributed by atoms with van der Waals surface area (Å²) in [5, 5.41) is 23.4. The first-order valence-corrected chi connectivity index (χ1v) is 29.9. The summed E-state index contributed by atoms with van der Waals surface area (Å²) in [5.74, 6) is 1.49. The highest BCUT2D eigenvalue weighted by atomic mass is 15.2. The standard InChI is InChI=1S/C72H83N7/c1-45(2)46(3)36-37-75-70(49-30-28-48(29-31-49)47-20-12-10-13-21-47)76-69(74)60-38-50(44-73)65(43-68(60)78-63-34-32-51(71(4,5)6)39-56(63)57-40-52(72(7,8)9)33-35-64(57)78)79-62-27-19-17-25-55(62)59-41-66-58(42-67(59)79)54-24-16-18-26-61(54)77(66)53-22-14-11-15-23-53/h12,14,17-23,25-30,32,34,38-43,45-46,49,56,63,69-70,75-76H,10-11,13,15-16,24,31,33,35-37,74H2,1-9H3. The van der Waals surface area contributed by atoms with E-state index in [1.165, 1.54) is 72.2 Å². The molecule has 5 aromatic rings. The quantitative estimate of drug-likeness (QED) is 0.102. The number of nitrogens with zero attached hydrogens (tertiary/aromatic N) is 4. The van der Waals surface area contributed by atoms with Gasteiger partial charge in [0.1, 0.15) is 6.07 Å². The molecule has 7 heteroatoms. The lowest BCUT2D eigenvalue weighted by atomic mass is 9.75. The van der Waals surface area contributed by atoms with Crippen molar-refractivity contribution in [3.8, 4) is 11.8 Å². The second-order valence-corrected chi connectivity index (χ2v) is 26.1. The van der Waals surface area contributed by atoms with Crippen LogP contribution in [-0.2, 0) is 6.42 Å². The Kier molecular flexibility index (Phi) is 14.1. The van der Waals surface area contributed by atoms with E-state index in [0.717, 1.165) is 98.7 Å². The maximum atomic E-state index is 11.7. The highest BCUT2D eigenvalue weighted by molar-refractivity contribution is 6.14. The first kappa shape index (κ1) is 53.0. The van der Waals surface area contributed by atoms with Crippen molar-refractivity contribution in [2.75, 3.05) is 11.4 Å². The van der Waals surface area contributed by atoms with Crippen molar-refractivity contribution in [2.24, 2.45) is 40.2 Å². The number of hydrogen-bond donors (Lipinski definition) is 3. The second-order valence-electron chi connectivity index (χ2n) is 26.1. The van der Waals surface area contributed by atoms with Crippen molar-refractivity contribution in [3.05, 3.63) is 190 Å². The zero-order valence-corrected chi connectivity index (χ0v) is 48.5. The van der Waals surface area contributed by atoms with Crippen LogP contribution in [0.4, 0.5) is 5.69 Å². The fraction of sp³-hybridized carbons (Fsp3) is 0.403. The number of nitriles is 1. The Labute approximate surface area is 470 Å². The molecule has 0 radical (unpaired) electrons. The molecule has 6 aliphatic carbocycles. The molecule has 6 unspecified atom stereocenters. The van der Waals surface area contributed by atoms with Gasteiger partial charge in [0, 0.05) is 56.3 Å². The number of para-hydroxylation sites is 1. The molecule has 79 heavy (non-hydrogen) atoms. The predicted molar refractivity (Wildman–Crippen MR) is 333 cm³/mol. The number of anilines is 1. The average Bonchev–Trinajstić information content (AvgIpc) is 4.31. The molecule has 0 amide bonds. The van der Waals surface area contributed by atoms with Crippen molar-refractivity contribution in [1.82, 2.24) is 19.8 Å². The molecule has 0 saturated carbocycles. The van der Waals surface area contributed by atoms with Gasteiger partial charge in [0.05, 0.1) is 46.2 Å². The van der Waals surface area contributed by atoms with Gasteiger partial charge in [-0.15, -0.1) is 0 Å². The maximum Gasteiger partial charge on any atom is 0.101 e. The third-order valence-electron chi connectivity index (χ3n) is 18.7. The molecule has 1 aliphatic heterocycles.